The fraction of sp³-hybridized carbons (Fsp3) is 0.471. The summed E-state index contributed by atoms with van der Waals surface area (Å²) in [5.74, 6) is 0.738. The van der Waals surface area contributed by atoms with Gasteiger partial charge in [0.05, 0.1) is 0 Å². The molecular formula is C17H20BNO4. The van der Waals surface area contributed by atoms with Crippen molar-refractivity contribution in [2.45, 2.75) is 50.7 Å². The summed E-state index contributed by atoms with van der Waals surface area (Å²) < 4.78 is 11.4. The Balaban J connectivity index is 1.52. The number of hydrogen-bond acceptors (Lipinski definition) is 5. The zero-order valence-corrected chi connectivity index (χ0v) is 13.1. The van der Waals surface area contributed by atoms with Crippen LogP contribution in [0.3, 0.4) is 0 Å². The molecule has 1 N–H and O–H groups in total. The van der Waals surface area contributed by atoms with Crippen LogP contribution in [0.1, 0.15) is 25.7 Å². The molecule has 2 aliphatic heterocycles. The van der Waals surface area contributed by atoms with Gasteiger partial charge in [-0.15, -0.1) is 0 Å². The molecule has 2 bridgehead atoms. The zero-order chi connectivity index (χ0) is 16.0. The number of nitrogens with zero attached hydrogens (tertiary/aromatic N) is 1. The molecule has 3 atom stereocenters. The van der Waals surface area contributed by atoms with Gasteiger partial charge in [0.2, 0.25) is 0 Å². The lowest BCUT2D eigenvalue weighted by molar-refractivity contribution is 0.0864. The standard InChI is InChI=1S/C17H20BNO4/c1-18(21)19-12-4-5-13(19)9-15(8-12)22-14-6-2-11-3-7-17(20)23-16(11)10-14/h2-3,6-7,10,12-13,15,21H,4-5,8-9H2,1H3/t12-,13+,15-. The number of benzene rings is 1. The molecule has 120 valence electrons. The van der Waals surface area contributed by atoms with Gasteiger partial charge in [-0.1, -0.05) is 0 Å². The van der Waals surface area contributed by atoms with E-state index in [2.05, 4.69) is 4.81 Å². The van der Waals surface area contributed by atoms with Crippen LogP contribution in [0.2, 0.25) is 6.82 Å². The van der Waals surface area contributed by atoms with Gasteiger partial charge in [-0.3, -0.25) is 0 Å². The lowest BCUT2D eigenvalue weighted by Crippen LogP contribution is -2.52. The Morgan fingerprint density at radius 1 is 1.22 bits per heavy atom. The fourth-order valence-corrected chi connectivity index (χ4v) is 4.18. The van der Waals surface area contributed by atoms with E-state index in [0.717, 1.165) is 36.8 Å². The maximum absolute atomic E-state index is 11.3. The van der Waals surface area contributed by atoms with E-state index in [1.807, 2.05) is 19.0 Å². The molecule has 2 aliphatic rings. The first-order chi connectivity index (χ1) is 11.1. The maximum Gasteiger partial charge on any atom is 0.376 e. The van der Waals surface area contributed by atoms with Crippen molar-refractivity contribution in [2.75, 3.05) is 0 Å². The van der Waals surface area contributed by atoms with Crippen molar-refractivity contribution in [3.05, 3.63) is 40.8 Å². The normalized spacial score (nSPS) is 27.3. The van der Waals surface area contributed by atoms with Gasteiger partial charge < -0.3 is 19.0 Å². The van der Waals surface area contributed by atoms with E-state index in [1.54, 1.807) is 12.1 Å². The molecule has 0 radical (unpaired) electrons. The minimum Gasteiger partial charge on any atom is -0.490 e. The zero-order valence-electron chi connectivity index (χ0n) is 13.1. The predicted molar refractivity (Wildman–Crippen MR) is 88.6 cm³/mol. The third-order valence-electron chi connectivity index (χ3n) is 5.08. The van der Waals surface area contributed by atoms with Crippen molar-refractivity contribution in [3.63, 3.8) is 0 Å². The molecule has 0 unspecified atom stereocenters. The average molecular weight is 313 g/mol. The number of rotatable bonds is 3. The quantitative estimate of drug-likeness (QED) is 0.696. The van der Waals surface area contributed by atoms with Gasteiger partial charge in [-0.2, -0.15) is 0 Å². The van der Waals surface area contributed by atoms with Crippen LogP contribution >= 0.6 is 0 Å². The maximum atomic E-state index is 11.3. The van der Waals surface area contributed by atoms with Crippen LogP contribution in [0, 0.1) is 0 Å². The molecule has 0 spiro atoms. The largest absolute Gasteiger partial charge is 0.490 e. The van der Waals surface area contributed by atoms with Crippen molar-refractivity contribution in [3.8, 4) is 5.75 Å². The molecule has 2 aromatic rings. The second-order valence-electron chi connectivity index (χ2n) is 6.63. The fourth-order valence-electron chi connectivity index (χ4n) is 4.18. The average Bonchev–Trinajstić information content (AvgIpc) is 2.79. The van der Waals surface area contributed by atoms with Crippen LogP contribution in [0.15, 0.2) is 39.5 Å². The molecule has 1 aromatic carbocycles. The summed E-state index contributed by atoms with van der Waals surface area (Å²) in [6.07, 6.45) is 4.26. The van der Waals surface area contributed by atoms with Crippen LogP contribution in [-0.2, 0) is 0 Å². The highest BCUT2D eigenvalue weighted by Gasteiger charge is 2.44. The van der Waals surface area contributed by atoms with Gasteiger partial charge in [0.15, 0.2) is 0 Å². The third-order valence-corrected chi connectivity index (χ3v) is 5.08. The van der Waals surface area contributed by atoms with Crippen LogP contribution < -0.4 is 10.4 Å². The van der Waals surface area contributed by atoms with Gasteiger partial charge in [0.25, 0.3) is 0 Å². The summed E-state index contributed by atoms with van der Waals surface area (Å²) in [6.45, 7) is 1.85. The van der Waals surface area contributed by atoms with E-state index in [4.69, 9.17) is 9.15 Å². The molecular weight excluding hydrogens is 293 g/mol. The van der Waals surface area contributed by atoms with E-state index >= 15 is 0 Å². The molecule has 6 heteroatoms. The summed E-state index contributed by atoms with van der Waals surface area (Å²) >= 11 is 0. The monoisotopic (exact) mass is 313 g/mol. The Bertz CT molecular complexity index is 761. The number of fused-ring (bicyclic) bond motifs is 3. The third kappa shape index (κ3) is 2.77. The Hall–Kier alpha value is -1.79. The van der Waals surface area contributed by atoms with Crippen molar-refractivity contribution in [1.29, 1.82) is 0 Å². The number of piperidine rings is 1. The SMILES string of the molecule is CB(O)N1[C@@H]2CC[C@H]1C[C@H](Oc1ccc3ccc(=O)oc3c1)C2. The lowest BCUT2D eigenvalue weighted by Gasteiger charge is -2.39. The highest BCUT2D eigenvalue weighted by Crippen LogP contribution is 2.37. The van der Waals surface area contributed by atoms with E-state index < -0.39 is 0 Å². The molecule has 2 saturated heterocycles. The Morgan fingerprint density at radius 2 is 1.91 bits per heavy atom. The lowest BCUT2D eigenvalue weighted by atomic mass is 9.79. The minimum absolute atomic E-state index is 0.149. The Morgan fingerprint density at radius 3 is 2.61 bits per heavy atom. The summed E-state index contributed by atoms with van der Waals surface area (Å²) in [5.41, 5.74) is 0.206. The van der Waals surface area contributed by atoms with E-state index in [9.17, 15) is 9.82 Å². The molecule has 4 rings (SSSR count). The molecule has 5 nitrogen and oxygen atoms in total. The van der Waals surface area contributed by atoms with Crippen LogP contribution in [-0.4, -0.2) is 35.1 Å². The topological polar surface area (TPSA) is 62.9 Å². The highest BCUT2D eigenvalue weighted by molar-refractivity contribution is 6.45. The van der Waals surface area contributed by atoms with E-state index in [1.165, 1.54) is 6.07 Å². The Labute approximate surface area is 135 Å². The summed E-state index contributed by atoms with van der Waals surface area (Å²) in [6, 6.07) is 9.60. The molecule has 2 fully saturated rings. The van der Waals surface area contributed by atoms with Gasteiger partial charge in [-0.05, 0) is 50.7 Å². The van der Waals surface area contributed by atoms with Gasteiger partial charge >= 0.3 is 12.7 Å². The van der Waals surface area contributed by atoms with Gasteiger partial charge in [0, 0.05) is 29.6 Å². The molecule has 23 heavy (non-hydrogen) atoms. The Kier molecular flexibility index (Phi) is 3.66. The number of ether oxygens (including phenoxy) is 1. The van der Waals surface area contributed by atoms with Crippen LogP contribution in [0.25, 0.3) is 11.0 Å². The summed E-state index contributed by atoms with van der Waals surface area (Å²) in [5, 5.41) is 10.8. The highest BCUT2D eigenvalue weighted by atomic mass is 16.5. The van der Waals surface area contributed by atoms with E-state index in [0.29, 0.717) is 17.7 Å². The second-order valence-corrected chi connectivity index (χ2v) is 6.63. The smallest absolute Gasteiger partial charge is 0.376 e. The van der Waals surface area contributed by atoms with Crippen LogP contribution in [0.5, 0.6) is 5.75 Å². The van der Waals surface area contributed by atoms with E-state index in [-0.39, 0.29) is 18.8 Å². The predicted octanol–water partition coefficient (Wildman–Crippen LogP) is 2.28. The summed E-state index contributed by atoms with van der Waals surface area (Å²) in [7, 11) is -0.386. The van der Waals surface area contributed by atoms with Crippen molar-refractivity contribution in [2.24, 2.45) is 0 Å². The molecule has 0 aliphatic carbocycles. The van der Waals surface area contributed by atoms with Crippen LogP contribution in [0.4, 0.5) is 0 Å². The molecule has 0 amide bonds. The minimum atomic E-state index is -0.386. The molecule has 0 saturated carbocycles. The van der Waals surface area contributed by atoms with Gasteiger partial charge in [0.1, 0.15) is 17.4 Å². The van der Waals surface area contributed by atoms with Crippen molar-refractivity contribution < 1.29 is 14.2 Å². The first-order valence-corrected chi connectivity index (χ1v) is 8.26. The second kappa shape index (κ2) is 5.69. The molecule has 3 heterocycles. The number of hydrogen-bond donors (Lipinski definition) is 1. The summed E-state index contributed by atoms with van der Waals surface area (Å²) in [4.78, 5) is 13.6. The molecule has 1 aromatic heterocycles. The first-order valence-electron chi connectivity index (χ1n) is 8.26. The van der Waals surface area contributed by atoms with Gasteiger partial charge in [-0.25, -0.2) is 4.79 Å². The van der Waals surface area contributed by atoms with Crippen molar-refractivity contribution in [1.82, 2.24) is 4.81 Å². The first kappa shape index (κ1) is 14.8. The van der Waals surface area contributed by atoms with Crippen molar-refractivity contribution >= 4 is 18.0 Å².